The molecule has 1 aliphatic carbocycles. The molecule has 0 radical (unpaired) electrons. The lowest BCUT2D eigenvalue weighted by Crippen LogP contribution is -2.39. The van der Waals surface area contributed by atoms with Crippen molar-refractivity contribution in [1.29, 1.82) is 0 Å². The molecule has 0 unspecified atom stereocenters. The largest absolute Gasteiger partial charge is 0.501 e. The number of rotatable bonds is 7. The average molecular weight is 477 g/mol. The van der Waals surface area contributed by atoms with Crippen LogP contribution in [-0.2, 0) is 11.3 Å². The van der Waals surface area contributed by atoms with Crippen molar-refractivity contribution in [2.24, 2.45) is 5.92 Å². The fourth-order valence-electron chi connectivity index (χ4n) is 4.23. The van der Waals surface area contributed by atoms with E-state index in [4.69, 9.17) is 4.74 Å². The average Bonchev–Trinajstić information content (AvgIpc) is 2.89. The van der Waals surface area contributed by atoms with Crippen LogP contribution in [0.25, 0.3) is 11.5 Å². The second kappa shape index (κ2) is 10.9. The topological polar surface area (TPSA) is 135 Å². The molecular formula is C26H28N4O5. The number of hydrogen-bond acceptors (Lipinski definition) is 8. The Hall–Kier alpha value is -4.01. The van der Waals surface area contributed by atoms with Gasteiger partial charge in [-0.15, -0.1) is 0 Å². The number of aromatic hydroxyl groups is 2. The van der Waals surface area contributed by atoms with Crippen molar-refractivity contribution in [2.45, 2.75) is 51.7 Å². The Morgan fingerprint density at radius 1 is 1.09 bits per heavy atom. The van der Waals surface area contributed by atoms with E-state index in [1.807, 2.05) is 37.3 Å². The van der Waals surface area contributed by atoms with Crippen LogP contribution in [0.1, 0.15) is 65.4 Å². The Morgan fingerprint density at radius 3 is 2.57 bits per heavy atom. The molecule has 0 bridgehead atoms. The van der Waals surface area contributed by atoms with Crippen LogP contribution in [0, 0.1) is 5.92 Å². The standard InChI is InChI=1S/C26H28N4O5/c1-16(18-10-6-3-7-11-18)28-24(32)21-22(31)25(33)30-23(29-21)20-14-19(12-13-27-20)26(34)35-15-17-8-4-2-5-9-17/h2,4-5,8-9,12-14,16,18,31H,3,6-7,10-11,15H2,1H3,(H,28,32)(H,29,30,33)/t16-/m1/s1. The summed E-state index contributed by atoms with van der Waals surface area (Å²) in [6.07, 6.45) is 6.91. The van der Waals surface area contributed by atoms with Crippen molar-refractivity contribution >= 4 is 11.9 Å². The SMILES string of the molecule is C[C@@H](NC(=O)c1nc(-c2cc(C(=O)OCc3ccccc3)ccn2)nc(O)c1O)C1CCCCC1. The third-order valence-corrected chi connectivity index (χ3v) is 6.23. The van der Waals surface area contributed by atoms with Crippen molar-refractivity contribution in [3.63, 3.8) is 0 Å². The zero-order valence-corrected chi connectivity index (χ0v) is 19.5. The summed E-state index contributed by atoms with van der Waals surface area (Å²) in [5, 5.41) is 23.3. The Balaban J connectivity index is 1.51. The molecule has 1 amide bonds. The van der Waals surface area contributed by atoms with Gasteiger partial charge >= 0.3 is 5.97 Å². The lowest BCUT2D eigenvalue weighted by molar-refractivity contribution is 0.0472. The van der Waals surface area contributed by atoms with Crippen LogP contribution in [0.2, 0.25) is 0 Å². The van der Waals surface area contributed by atoms with Crippen LogP contribution in [0.3, 0.4) is 0 Å². The molecule has 1 aliphatic rings. The number of carbonyl (C=O) groups is 2. The summed E-state index contributed by atoms with van der Waals surface area (Å²) in [6.45, 7) is 2.04. The molecule has 9 nitrogen and oxygen atoms in total. The van der Waals surface area contributed by atoms with Gasteiger partial charge in [0.05, 0.1) is 5.56 Å². The summed E-state index contributed by atoms with van der Waals surface area (Å²) in [5.74, 6) is -2.39. The maximum absolute atomic E-state index is 12.9. The number of esters is 1. The van der Waals surface area contributed by atoms with Crippen LogP contribution in [0.4, 0.5) is 0 Å². The smallest absolute Gasteiger partial charge is 0.338 e. The number of carbonyl (C=O) groups excluding carboxylic acids is 2. The van der Waals surface area contributed by atoms with Crippen molar-refractivity contribution in [3.05, 3.63) is 65.5 Å². The molecule has 1 fully saturated rings. The lowest BCUT2D eigenvalue weighted by Gasteiger charge is -2.28. The number of pyridine rings is 1. The van der Waals surface area contributed by atoms with E-state index in [1.54, 1.807) is 0 Å². The molecule has 4 rings (SSSR count). The Morgan fingerprint density at radius 2 is 1.83 bits per heavy atom. The molecule has 1 saturated carbocycles. The van der Waals surface area contributed by atoms with E-state index in [1.165, 1.54) is 24.8 Å². The van der Waals surface area contributed by atoms with Crippen molar-refractivity contribution in [2.75, 3.05) is 0 Å². The van der Waals surface area contributed by atoms with E-state index in [2.05, 4.69) is 20.3 Å². The fourth-order valence-corrected chi connectivity index (χ4v) is 4.23. The first-order valence-electron chi connectivity index (χ1n) is 11.7. The number of ether oxygens (including phenoxy) is 1. The molecule has 3 N–H and O–H groups in total. The predicted molar refractivity (Wildman–Crippen MR) is 128 cm³/mol. The van der Waals surface area contributed by atoms with Gasteiger partial charge in [-0.25, -0.2) is 9.78 Å². The molecule has 0 saturated heterocycles. The van der Waals surface area contributed by atoms with E-state index in [0.717, 1.165) is 31.2 Å². The minimum atomic E-state index is -0.746. The second-order valence-electron chi connectivity index (χ2n) is 8.72. The number of nitrogens with one attached hydrogen (secondary N) is 1. The summed E-state index contributed by atoms with van der Waals surface area (Å²) in [4.78, 5) is 37.6. The highest BCUT2D eigenvalue weighted by Crippen LogP contribution is 2.30. The monoisotopic (exact) mass is 476 g/mol. The third kappa shape index (κ3) is 5.92. The van der Waals surface area contributed by atoms with Crippen molar-refractivity contribution in [1.82, 2.24) is 20.3 Å². The maximum atomic E-state index is 12.9. The summed E-state index contributed by atoms with van der Waals surface area (Å²) < 4.78 is 5.35. The van der Waals surface area contributed by atoms with Crippen LogP contribution >= 0.6 is 0 Å². The molecule has 9 heteroatoms. The highest BCUT2D eigenvalue weighted by molar-refractivity contribution is 5.96. The van der Waals surface area contributed by atoms with E-state index in [9.17, 15) is 19.8 Å². The van der Waals surface area contributed by atoms with Gasteiger partial charge in [-0.3, -0.25) is 9.78 Å². The molecule has 35 heavy (non-hydrogen) atoms. The highest BCUT2D eigenvalue weighted by Gasteiger charge is 2.26. The van der Waals surface area contributed by atoms with Crippen LogP contribution in [-0.4, -0.2) is 43.1 Å². The number of nitrogens with zero attached hydrogens (tertiary/aromatic N) is 3. The first kappa shape index (κ1) is 24.1. The van der Waals surface area contributed by atoms with Gasteiger partial charge in [0, 0.05) is 12.2 Å². The predicted octanol–water partition coefficient (Wildman–Crippen LogP) is 4.01. The quantitative estimate of drug-likeness (QED) is 0.436. The van der Waals surface area contributed by atoms with Gasteiger partial charge in [-0.2, -0.15) is 4.98 Å². The van der Waals surface area contributed by atoms with Gasteiger partial charge in [0.1, 0.15) is 12.3 Å². The molecule has 0 aliphatic heterocycles. The van der Waals surface area contributed by atoms with Crippen molar-refractivity contribution in [3.8, 4) is 23.1 Å². The summed E-state index contributed by atoms with van der Waals surface area (Å²) >= 11 is 0. The molecule has 182 valence electrons. The number of hydrogen-bond donors (Lipinski definition) is 3. The Labute approximate surface area is 203 Å². The lowest BCUT2D eigenvalue weighted by atomic mass is 9.84. The molecule has 1 atom stereocenters. The number of amides is 1. The number of aromatic nitrogens is 3. The van der Waals surface area contributed by atoms with Crippen LogP contribution in [0.5, 0.6) is 11.6 Å². The van der Waals surface area contributed by atoms with E-state index >= 15 is 0 Å². The first-order valence-corrected chi connectivity index (χ1v) is 11.7. The van der Waals surface area contributed by atoms with Gasteiger partial charge < -0.3 is 20.3 Å². The zero-order chi connectivity index (χ0) is 24.8. The molecule has 2 aromatic heterocycles. The molecular weight excluding hydrogens is 448 g/mol. The molecule has 3 aromatic rings. The Kier molecular flexibility index (Phi) is 7.54. The van der Waals surface area contributed by atoms with Gasteiger partial charge in [0.25, 0.3) is 11.8 Å². The third-order valence-electron chi connectivity index (χ3n) is 6.23. The van der Waals surface area contributed by atoms with Crippen LogP contribution in [0.15, 0.2) is 48.7 Å². The summed E-state index contributed by atoms with van der Waals surface area (Å²) in [6, 6.07) is 12.1. The fraction of sp³-hybridized carbons (Fsp3) is 0.346. The van der Waals surface area contributed by atoms with Crippen LogP contribution < -0.4 is 5.32 Å². The van der Waals surface area contributed by atoms with Gasteiger partial charge in [-0.05, 0) is 43.4 Å². The number of benzene rings is 1. The Bertz CT molecular complexity index is 1200. The van der Waals surface area contributed by atoms with Crippen molar-refractivity contribution < 1.29 is 24.5 Å². The molecule has 1 aromatic carbocycles. The van der Waals surface area contributed by atoms with E-state index < -0.39 is 23.5 Å². The minimum Gasteiger partial charge on any atom is -0.501 e. The van der Waals surface area contributed by atoms with Gasteiger partial charge in [0.15, 0.2) is 11.5 Å². The van der Waals surface area contributed by atoms with Gasteiger partial charge in [-0.1, -0.05) is 49.6 Å². The molecule has 2 heterocycles. The summed E-state index contributed by atoms with van der Waals surface area (Å²) in [5.41, 5.74) is 0.844. The maximum Gasteiger partial charge on any atom is 0.338 e. The second-order valence-corrected chi connectivity index (χ2v) is 8.72. The highest BCUT2D eigenvalue weighted by atomic mass is 16.5. The van der Waals surface area contributed by atoms with Gasteiger partial charge in [0.2, 0.25) is 5.75 Å². The zero-order valence-electron chi connectivity index (χ0n) is 19.5. The molecule has 0 spiro atoms. The summed E-state index contributed by atoms with van der Waals surface area (Å²) in [7, 11) is 0. The minimum absolute atomic E-state index is 0.103. The first-order chi connectivity index (χ1) is 16.9. The van der Waals surface area contributed by atoms with E-state index in [-0.39, 0.29) is 35.4 Å². The normalized spacial score (nSPS) is 14.8. The van der Waals surface area contributed by atoms with E-state index in [0.29, 0.717) is 5.92 Å².